The number of anilines is 1. The molecular weight excluding hydrogens is 398 g/mol. The molecule has 2 N–H and O–H groups in total. The van der Waals surface area contributed by atoms with E-state index in [1.165, 1.54) is 0 Å². The number of benzene rings is 2. The maximum absolute atomic E-state index is 5.91. The van der Waals surface area contributed by atoms with Gasteiger partial charge in [0.15, 0.2) is 0 Å². The first kappa shape index (κ1) is 19.9. The molecule has 32 heavy (non-hydrogen) atoms. The summed E-state index contributed by atoms with van der Waals surface area (Å²) in [6.45, 7) is 8.54. The number of rotatable bonds is 3. The first-order valence-electron chi connectivity index (χ1n) is 10.5. The molecule has 0 aliphatic carbocycles. The molecule has 0 spiro atoms. The monoisotopic (exact) mass is 423 g/mol. The summed E-state index contributed by atoms with van der Waals surface area (Å²) >= 11 is 0. The number of imidazole rings is 1. The number of nitrogen functional groups attached to an aromatic ring is 1. The van der Waals surface area contributed by atoms with E-state index < -0.39 is 0 Å². The molecule has 3 heterocycles. The zero-order chi connectivity index (χ0) is 22.5. The Balaban J connectivity index is 1.75. The average Bonchev–Trinajstić information content (AvgIpc) is 3.42. The Hall–Kier alpha value is -4.00. The molecule has 5 rings (SSSR count). The number of hydrogen-bond acceptors (Lipinski definition) is 5. The lowest BCUT2D eigenvalue weighted by molar-refractivity contribution is 0.413. The van der Waals surface area contributed by atoms with E-state index in [0.29, 0.717) is 5.82 Å². The van der Waals surface area contributed by atoms with E-state index in [4.69, 9.17) is 10.7 Å². The van der Waals surface area contributed by atoms with Gasteiger partial charge < -0.3 is 10.3 Å². The summed E-state index contributed by atoms with van der Waals surface area (Å²) in [6.07, 6.45) is 5.06. The van der Waals surface area contributed by atoms with Crippen molar-refractivity contribution in [3.8, 4) is 28.2 Å². The second-order valence-electron chi connectivity index (χ2n) is 8.93. The SMILES string of the molecule is Cc1cc(-c2ccc3c(c2)nc(-c2ccccc2-n2cncn2)n3C(C)(C)C)cnc1N. The maximum atomic E-state index is 5.91. The molecule has 0 bridgehead atoms. The molecule has 5 aromatic rings. The van der Waals surface area contributed by atoms with Crippen LogP contribution < -0.4 is 5.73 Å². The average molecular weight is 424 g/mol. The molecule has 0 radical (unpaired) electrons. The van der Waals surface area contributed by atoms with E-state index in [2.05, 4.69) is 70.7 Å². The Kier molecular flexibility index (Phi) is 4.55. The van der Waals surface area contributed by atoms with Crippen LogP contribution in [0.4, 0.5) is 5.82 Å². The number of hydrogen-bond donors (Lipinski definition) is 1. The minimum Gasteiger partial charge on any atom is -0.383 e. The van der Waals surface area contributed by atoms with Crippen LogP contribution >= 0.6 is 0 Å². The van der Waals surface area contributed by atoms with Crippen LogP contribution in [0, 0.1) is 6.92 Å². The van der Waals surface area contributed by atoms with Gasteiger partial charge in [0.25, 0.3) is 0 Å². The van der Waals surface area contributed by atoms with Gasteiger partial charge in [-0.15, -0.1) is 0 Å². The van der Waals surface area contributed by atoms with Crippen molar-refractivity contribution >= 4 is 16.9 Å². The lowest BCUT2D eigenvalue weighted by Crippen LogP contribution is -2.23. The van der Waals surface area contributed by atoms with Crippen molar-refractivity contribution in [1.29, 1.82) is 0 Å². The topological polar surface area (TPSA) is 87.4 Å². The maximum Gasteiger partial charge on any atom is 0.143 e. The van der Waals surface area contributed by atoms with Crippen molar-refractivity contribution in [3.63, 3.8) is 0 Å². The van der Waals surface area contributed by atoms with E-state index >= 15 is 0 Å². The molecule has 0 saturated carbocycles. The number of fused-ring (bicyclic) bond motifs is 1. The molecule has 0 aliphatic heterocycles. The van der Waals surface area contributed by atoms with Crippen LogP contribution in [0.3, 0.4) is 0 Å². The minimum absolute atomic E-state index is 0.180. The second kappa shape index (κ2) is 7.30. The predicted molar refractivity (Wildman–Crippen MR) is 127 cm³/mol. The van der Waals surface area contributed by atoms with Gasteiger partial charge in [0.05, 0.1) is 16.7 Å². The van der Waals surface area contributed by atoms with Crippen LogP contribution in [-0.4, -0.2) is 29.3 Å². The Labute approximate surface area is 186 Å². The first-order valence-corrected chi connectivity index (χ1v) is 10.5. The summed E-state index contributed by atoms with van der Waals surface area (Å²) in [5, 5.41) is 4.34. The van der Waals surface area contributed by atoms with Gasteiger partial charge in [0, 0.05) is 22.9 Å². The van der Waals surface area contributed by atoms with Gasteiger partial charge in [-0.2, -0.15) is 5.10 Å². The fourth-order valence-electron chi connectivity index (χ4n) is 4.06. The largest absolute Gasteiger partial charge is 0.383 e. The van der Waals surface area contributed by atoms with Crippen molar-refractivity contribution in [3.05, 3.63) is 72.9 Å². The van der Waals surface area contributed by atoms with Gasteiger partial charge in [-0.05, 0) is 69.2 Å². The van der Waals surface area contributed by atoms with Crippen LogP contribution in [-0.2, 0) is 5.54 Å². The number of para-hydroxylation sites is 1. The van der Waals surface area contributed by atoms with Crippen molar-refractivity contribution in [2.45, 2.75) is 33.2 Å². The molecule has 0 aliphatic rings. The highest BCUT2D eigenvalue weighted by molar-refractivity contribution is 5.87. The molecule has 7 heteroatoms. The van der Waals surface area contributed by atoms with Gasteiger partial charge >= 0.3 is 0 Å². The Morgan fingerprint density at radius 3 is 2.50 bits per heavy atom. The molecule has 0 fully saturated rings. The quantitative estimate of drug-likeness (QED) is 0.442. The summed E-state index contributed by atoms with van der Waals surface area (Å²) < 4.78 is 4.06. The zero-order valence-electron chi connectivity index (χ0n) is 18.6. The van der Waals surface area contributed by atoms with Crippen molar-refractivity contribution in [2.75, 3.05) is 5.73 Å². The Morgan fingerprint density at radius 1 is 0.969 bits per heavy atom. The normalized spacial score (nSPS) is 11.9. The van der Waals surface area contributed by atoms with Gasteiger partial charge in [-0.25, -0.2) is 19.6 Å². The predicted octanol–water partition coefficient (Wildman–Crippen LogP) is 4.99. The standard InChI is InChI=1S/C25H25N7/c1-16-11-18(13-28-23(16)26)17-9-10-22-20(12-17)30-24(32(22)25(2,3)4)19-7-5-6-8-21(19)31-15-27-14-29-31/h5-15H,1-4H3,(H2,26,28). The zero-order valence-corrected chi connectivity index (χ0v) is 18.6. The molecule has 0 unspecified atom stereocenters. The van der Waals surface area contributed by atoms with E-state index in [0.717, 1.165) is 44.8 Å². The molecule has 0 amide bonds. The van der Waals surface area contributed by atoms with Crippen LogP contribution in [0.15, 0.2) is 67.4 Å². The third kappa shape index (κ3) is 3.32. The highest BCUT2D eigenvalue weighted by Gasteiger charge is 2.24. The Bertz CT molecular complexity index is 1420. The molecule has 2 aromatic carbocycles. The minimum atomic E-state index is -0.180. The summed E-state index contributed by atoms with van der Waals surface area (Å²) in [6, 6.07) is 16.6. The lowest BCUT2D eigenvalue weighted by Gasteiger charge is -2.25. The van der Waals surface area contributed by atoms with Crippen LogP contribution in [0.2, 0.25) is 0 Å². The van der Waals surface area contributed by atoms with Crippen molar-refractivity contribution in [2.24, 2.45) is 0 Å². The van der Waals surface area contributed by atoms with Crippen molar-refractivity contribution in [1.82, 2.24) is 29.3 Å². The number of aromatic nitrogens is 6. The lowest BCUT2D eigenvalue weighted by atomic mass is 10.0. The number of nitrogens with two attached hydrogens (primary N) is 1. The van der Waals surface area contributed by atoms with Gasteiger partial charge in [0.1, 0.15) is 24.3 Å². The molecule has 0 saturated heterocycles. The summed E-state index contributed by atoms with van der Waals surface area (Å²) in [4.78, 5) is 13.5. The Morgan fingerprint density at radius 2 is 1.78 bits per heavy atom. The summed E-state index contributed by atoms with van der Waals surface area (Å²) in [5.74, 6) is 1.45. The number of nitrogens with zero attached hydrogens (tertiary/aromatic N) is 6. The smallest absolute Gasteiger partial charge is 0.143 e. The number of pyridine rings is 1. The second-order valence-corrected chi connectivity index (χ2v) is 8.93. The first-order chi connectivity index (χ1) is 15.3. The third-order valence-electron chi connectivity index (χ3n) is 5.59. The molecular formula is C25H25N7. The van der Waals surface area contributed by atoms with Crippen LogP contribution in [0.5, 0.6) is 0 Å². The molecule has 7 nitrogen and oxygen atoms in total. The van der Waals surface area contributed by atoms with E-state index in [1.807, 2.05) is 31.3 Å². The van der Waals surface area contributed by atoms with E-state index in [-0.39, 0.29) is 5.54 Å². The van der Waals surface area contributed by atoms with E-state index in [9.17, 15) is 0 Å². The fraction of sp³-hybridized carbons (Fsp3) is 0.200. The number of aryl methyl sites for hydroxylation is 1. The summed E-state index contributed by atoms with van der Waals surface area (Å²) in [5.41, 5.74) is 12.7. The van der Waals surface area contributed by atoms with Crippen molar-refractivity contribution < 1.29 is 0 Å². The fourth-order valence-corrected chi connectivity index (χ4v) is 4.06. The highest BCUT2D eigenvalue weighted by Crippen LogP contribution is 2.35. The van der Waals surface area contributed by atoms with Gasteiger partial charge in [0.2, 0.25) is 0 Å². The molecule has 160 valence electrons. The summed E-state index contributed by atoms with van der Waals surface area (Å²) in [7, 11) is 0. The highest BCUT2D eigenvalue weighted by atomic mass is 15.3. The van der Waals surface area contributed by atoms with E-state index in [1.54, 1.807) is 17.3 Å². The third-order valence-corrected chi connectivity index (χ3v) is 5.59. The van der Waals surface area contributed by atoms with Gasteiger partial charge in [-0.1, -0.05) is 18.2 Å². The van der Waals surface area contributed by atoms with Crippen LogP contribution in [0.25, 0.3) is 39.2 Å². The van der Waals surface area contributed by atoms with Gasteiger partial charge in [-0.3, -0.25) is 0 Å². The van der Waals surface area contributed by atoms with Crippen LogP contribution in [0.1, 0.15) is 26.3 Å². The molecule has 0 atom stereocenters. The molecule has 3 aromatic heterocycles.